The van der Waals surface area contributed by atoms with Gasteiger partial charge in [0.15, 0.2) is 0 Å². The Labute approximate surface area is 104 Å². The van der Waals surface area contributed by atoms with Crippen molar-refractivity contribution >= 4 is 6.03 Å². The molecule has 0 aromatic heterocycles. The monoisotopic (exact) mass is 242 g/mol. The third kappa shape index (κ3) is 4.94. The first-order valence-electron chi connectivity index (χ1n) is 6.75. The van der Waals surface area contributed by atoms with Gasteiger partial charge in [0.05, 0.1) is 0 Å². The van der Waals surface area contributed by atoms with Crippen molar-refractivity contribution in [3.63, 3.8) is 0 Å². The summed E-state index contributed by atoms with van der Waals surface area (Å²) < 4.78 is 0. The lowest BCUT2D eigenvalue weighted by molar-refractivity contribution is 0.220. The number of urea groups is 1. The maximum absolute atomic E-state index is 11.7. The highest BCUT2D eigenvalue weighted by Gasteiger charge is 2.28. The summed E-state index contributed by atoms with van der Waals surface area (Å²) in [5, 5.41) is 14.7. The van der Waals surface area contributed by atoms with E-state index in [-0.39, 0.29) is 24.1 Å². The molecule has 0 aliphatic heterocycles. The zero-order valence-electron chi connectivity index (χ0n) is 11.1. The van der Waals surface area contributed by atoms with Crippen molar-refractivity contribution in [1.29, 1.82) is 0 Å². The van der Waals surface area contributed by atoms with Gasteiger partial charge in [-0.3, -0.25) is 0 Å². The molecule has 1 fully saturated rings. The number of aliphatic hydroxyl groups excluding tert-OH is 1. The van der Waals surface area contributed by atoms with Crippen molar-refractivity contribution in [2.45, 2.75) is 58.4 Å². The molecule has 0 saturated heterocycles. The van der Waals surface area contributed by atoms with E-state index in [0.717, 1.165) is 13.0 Å². The standard InChI is InChI=1S/C13H26N2O2/c1-3-11(6-9-16)15-12(17)14-10-13(2)7-4-5-8-13/h11,16H,3-10H2,1-2H3,(H2,14,15,17). The van der Waals surface area contributed by atoms with Gasteiger partial charge in [-0.25, -0.2) is 4.79 Å². The van der Waals surface area contributed by atoms with E-state index in [4.69, 9.17) is 5.11 Å². The van der Waals surface area contributed by atoms with Crippen molar-refractivity contribution in [3.8, 4) is 0 Å². The van der Waals surface area contributed by atoms with Gasteiger partial charge in [0.1, 0.15) is 0 Å². The Morgan fingerprint density at radius 1 is 1.41 bits per heavy atom. The molecule has 0 heterocycles. The van der Waals surface area contributed by atoms with E-state index in [9.17, 15) is 4.79 Å². The second kappa shape index (κ2) is 6.84. The summed E-state index contributed by atoms with van der Waals surface area (Å²) in [6.07, 6.45) is 6.46. The van der Waals surface area contributed by atoms with E-state index in [0.29, 0.717) is 6.42 Å². The number of hydrogen-bond acceptors (Lipinski definition) is 2. The minimum atomic E-state index is -0.0987. The van der Waals surface area contributed by atoms with Crippen LogP contribution in [0.15, 0.2) is 0 Å². The SMILES string of the molecule is CCC(CCO)NC(=O)NCC1(C)CCCC1. The van der Waals surface area contributed by atoms with E-state index in [1.54, 1.807) is 0 Å². The molecule has 2 amide bonds. The first kappa shape index (κ1) is 14.3. The van der Waals surface area contributed by atoms with Gasteiger partial charge < -0.3 is 15.7 Å². The van der Waals surface area contributed by atoms with Gasteiger partial charge in [0.25, 0.3) is 0 Å². The first-order chi connectivity index (χ1) is 8.09. The zero-order valence-corrected chi connectivity index (χ0v) is 11.1. The van der Waals surface area contributed by atoms with Crippen molar-refractivity contribution in [2.24, 2.45) is 5.41 Å². The summed E-state index contributed by atoms with van der Waals surface area (Å²) >= 11 is 0. The van der Waals surface area contributed by atoms with Crippen LogP contribution in [0.3, 0.4) is 0 Å². The van der Waals surface area contributed by atoms with Crippen molar-refractivity contribution < 1.29 is 9.90 Å². The summed E-state index contributed by atoms with van der Waals surface area (Å²) in [6.45, 7) is 5.13. The lowest BCUT2D eigenvalue weighted by Gasteiger charge is -2.24. The van der Waals surface area contributed by atoms with E-state index < -0.39 is 0 Å². The van der Waals surface area contributed by atoms with E-state index in [1.807, 2.05) is 6.92 Å². The minimum absolute atomic E-state index is 0.0800. The summed E-state index contributed by atoms with van der Waals surface area (Å²) in [5.41, 5.74) is 0.288. The van der Waals surface area contributed by atoms with Gasteiger partial charge in [0, 0.05) is 19.2 Å². The predicted octanol–water partition coefficient (Wildman–Crippen LogP) is 2.03. The van der Waals surface area contributed by atoms with Gasteiger partial charge in [-0.2, -0.15) is 0 Å². The fourth-order valence-corrected chi connectivity index (χ4v) is 2.47. The van der Waals surface area contributed by atoms with Crippen LogP contribution >= 0.6 is 0 Å². The molecule has 3 N–H and O–H groups in total. The molecule has 1 atom stereocenters. The molecule has 0 aromatic rings. The van der Waals surface area contributed by atoms with E-state index in [2.05, 4.69) is 17.6 Å². The Morgan fingerprint density at radius 2 is 2.06 bits per heavy atom. The molecule has 0 spiro atoms. The van der Waals surface area contributed by atoms with Gasteiger partial charge in [-0.05, 0) is 31.1 Å². The molecule has 0 aromatic carbocycles. The van der Waals surface area contributed by atoms with E-state index in [1.165, 1.54) is 25.7 Å². The lowest BCUT2D eigenvalue weighted by atomic mass is 9.89. The fraction of sp³-hybridized carbons (Fsp3) is 0.923. The number of amides is 2. The number of hydrogen-bond donors (Lipinski definition) is 3. The highest BCUT2D eigenvalue weighted by molar-refractivity contribution is 5.74. The summed E-state index contributed by atoms with van der Waals surface area (Å²) in [5.74, 6) is 0. The average Bonchev–Trinajstić information content (AvgIpc) is 2.74. The van der Waals surface area contributed by atoms with Crippen LogP contribution in [0.4, 0.5) is 4.79 Å². The summed E-state index contributed by atoms with van der Waals surface area (Å²) in [6, 6.07) is -0.0187. The van der Waals surface area contributed by atoms with Crippen LogP contribution in [0.1, 0.15) is 52.4 Å². The quantitative estimate of drug-likeness (QED) is 0.667. The number of carbonyl (C=O) groups is 1. The molecule has 1 aliphatic rings. The second-order valence-corrected chi connectivity index (χ2v) is 5.46. The predicted molar refractivity (Wildman–Crippen MR) is 68.9 cm³/mol. The van der Waals surface area contributed by atoms with Crippen LogP contribution in [0.2, 0.25) is 0 Å². The molecular weight excluding hydrogens is 216 g/mol. The normalized spacial score (nSPS) is 19.9. The van der Waals surface area contributed by atoms with Crippen LogP contribution in [-0.2, 0) is 0 Å². The topological polar surface area (TPSA) is 61.4 Å². The highest BCUT2D eigenvalue weighted by Crippen LogP contribution is 2.36. The van der Waals surface area contributed by atoms with Crippen molar-refractivity contribution in [1.82, 2.24) is 10.6 Å². The molecule has 1 unspecified atom stereocenters. The molecule has 0 radical (unpaired) electrons. The Balaban J connectivity index is 2.24. The Hall–Kier alpha value is -0.770. The number of aliphatic hydroxyl groups is 1. The van der Waals surface area contributed by atoms with Crippen LogP contribution in [0.25, 0.3) is 0 Å². The third-order valence-corrected chi connectivity index (χ3v) is 3.79. The fourth-order valence-electron chi connectivity index (χ4n) is 2.47. The average molecular weight is 242 g/mol. The van der Waals surface area contributed by atoms with Crippen LogP contribution in [0.5, 0.6) is 0 Å². The lowest BCUT2D eigenvalue weighted by Crippen LogP contribution is -2.45. The Morgan fingerprint density at radius 3 is 2.59 bits per heavy atom. The molecule has 0 bridgehead atoms. The van der Waals surface area contributed by atoms with Gasteiger partial charge in [0.2, 0.25) is 0 Å². The van der Waals surface area contributed by atoms with Gasteiger partial charge in [-0.15, -0.1) is 0 Å². The molecule has 100 valence electrons. The summed E-state index contributed by atoms with van der Waals surface area (Å²) in [4.78, 5) is 11.7. The first-order valence-corrected chi connectivity index (χ1v) is 6.75. The maximum atomic E-state index is 11.7. The van der Waals surface area contributed by atoms with Gasteiger partial charge in [-0.1, -0.05) is 26.7 Å². The third-order valence-electron chi connectivity index (χ3n) is 3.79. The molecule has 4 nitrogen and oxygen atoms in total. The molecule has 1 aliphatic carbocycles. The Bertz CT molecular complexity index is 238. The smallest absolute Gasteiger partial charge is 0.315 e. The summed E-state index contributed by atoms with van der Waals surface area (Å²) in [7, 11) is 0. The zero-order chi connectivity index (χ0) is 12.7. The molecular formula is C13H26N2O2. The molecule has 1 saturated carbocycles. The van der Waals surface area contributed by atoms with Crippen molar-refractivity contribution in [2.75, 3.05) is 13.2 Å². The van der Waals surface area contributed by atoms with Crippen molar-refractivity contribution in [3.05, 3.63) is 0 Å². The minimum Gasteiger partial charge on any atom is -0.396 e. The van der Waals surface area contributed by atoms with E-state index >= 15 is 0 Å². The van der Waals surface area contributed by atoms with Gasteiger partial charge >= 0.3 is 6.03 Å². The number of nitrogens with one attached hydrogen (secondary N) is 2. The second-order valence-electron chi connectivity index (χ2n) is 5.46. The molecule has 17 heavy (non-hydrogen) atoms. The van der Waals surface area contributed by atoms with Crippen LogP contribution < -0.4 is 10.6 Å². The van der Waals surface area contributed by atoms with Crippen LogP contribution in [-0.4, -0.2) is 30.3 Å². The largest absolute Gasteiger partial charge is 0.396 e. The molecule has 1 rings (SSSR count). The maximum Gasteiger partial charge on any atom is 0.315 e. The number of carbonyl (C=O) groups excluding carboxylic acids is 1. The van der Waals surface area contributed by atoms with Crippen LogP contribution in [0, 0.1) is 5.41 Å². The highest BCUT2D eigenvalue weighted by atomic mass is 16.3. The Kier molecular flexibility index (Phi) is 5.75. The molecule has 4 heteroatoms. The number of rotatable bonds is 6.